The summed E-state index contributed by atoms with van der Waals surface area (Å²) < 4.78 is 0. The van der Waals surface area contributed by atoms with Gasteiger partial charge in [-0.1, -0.05) is 12.8 Å². The number of aromatic nitrogens is 2. The number of aliphatic hydroxyl groups is 1. The Bertz CT molecular complexity index is 281. The molecule has 0 aliphatic heterocycles. The molecule has 0 aromatic carbocycles. The molecule has 1 N–H and O–H groups in total. The summed E-state index contributed by atoms with van der Waals surface area (Å²) in [4.78, 5) is 8.02. The van der Waals surface area contributed by atoms with Crippen LogP contribution in [0.15, 0.2) is 23.6 Å². The van der Waals surface area contributed by atoms with E-state index in [-0.39, 0.29) is 6.10 Å². The molecule has 0 saturated heterocycles. The van der Waals surface area contributed by atoms with Crippen LogP contribution < -0.4 is 0 Å². The topological polar surface area (TPSA) is 46.0 Å². The lowest BCUT2D eigenvalue weighted by molar-refractivity contribution is 0.137. The van der Waals surface area contributed by atoms with Crippen molar-refractivity contribution in [2.75, 3.05) is 0 Å². The highest BCUT2D eigenvalue weighted by Crippen LogP contribution is 2.32. The molecule has 1 aliphatic rings. The van der Waals surface area contributed by atoms with Gasteiger partial charge in [0, 0.05) is 11.4 Å². The number of thioether (sulfide) groups is 1. The molecule has 2 atom stereocenters. The van der Waals surface area contributed by atoms with Crippen molar-refractivity contribution in [1.29, 1.82) is 0 Å². The second-order valence-electron chi connectivity index (χ2n) is 3.56. The van der Waals surface area contributed by atoms with Crippen molar-refractivity contribution < 1.29 is 5.11 Å². The van der Waals surface area contributed by atoms with Gasteiger partial charge in [-0.2, -0.15) is 0 Å². The third-order valence-corrected chi connectivity index (χ3v) is 3.83. The highest BCUT2D eigenvalue weighted by atomic mass is 32.2. The van der Waals surface area contributed by atoms with E-state index in [9.17, 15) is 5.11 Å². The van der Waals surface area contributed by atoms with Crippen LogP contribution in [0, 0.1) is 0 Å². The monoisotopic (exact) mass is 210 g/mol. The van der Waals surface area contributed by atoms with Crippen molar-refractivity contribution in [3.05, 3.63) is 18.6 Å². The molecule has 0 bridgehead atoms. The minimum absolute atomic E-state index is 0.163. The van der Waals surface area contributed by atoms with E-state index in [1.165, 1.54) is 6.42 Å². The summed E-state index contributed by atoms with van der Waals surface area (Å²) in [7, 11) is 0. The first kappa shape index (κ1) is 9.93. The molecule has 4 heteroatoms. The molecule has 1 saturated carbocycles. The zero-order valence-corrected chi connectivity index (χ0v) is 8.78. The molecular weight excluding hydrogens is 196 g/mol. The molecule has 0 amide bonds. The van der Waals surface area contributed by atoms with E-state index in [1.54, 1.807) is 24.3 Å². The van der Waals surface area contributed by atoms with Crippen LogP contribution >= 0.6 is 11.8 Å². The van der Waals surface area contributed by atoms with Gasteiger partial charge in [-0.05, 0) is 18.9 Å². The van der Waals surface area contributed by atoms with E-state index in [2.05, 4.69) is 9.97 Å². The van der Waals surface area contributed by atoms with Crippen LogP contribution in [0.2, 0.25) is 0 Å². The lowest BCUT2D eigenvalue weighted by Gasteiger charge is -2.26. The Balaban J connectivity index is 1.96. The van der Waals surface area contributed by atoms with Crippen molar-refractivity contribution in [2.45, 2.75) is 42.1 Å². The predicted octanol–water partition coefficient (Wildman–Crippen LogP) is 1.87. The van der Waals surface area contributed by atoms with Crippen LogP contribution in [0.4, 0.5) is 0 Å². The van der Waals surface area contributed by atoms with E-state index in [0.717, 1.165) is 24.3 Å². The molecule has 1 fully saturated rings. The van der Waals surface area contributed by atoms with E-state index in [0.29, 0.717) is 5.25 Å². The van der Waals surface area contributed by atoms with Gasteiger partial charge in [0.05, 0.1) is 11.1 Å². The summed E-state index contributed by atoms with van der Waals surface area (Å²) in [6.07, 6.45) is 7.53. The van der Waals surface area contributed by atoms with Gasteiger partial charge in [0.2, 0.25) is 0 Å². The Kier molecular flexibility index (Phi) is 3.37. The van der Waals surface area contributed by atoms with Crippen molar-refractivity contribution >= 4 is 11.8 Å². The maximum atomic E-state index is 9.77. The summed E-state index contributed by atoms with van der Waals surface area (Å²) in [5.74, 6) is 0. The molecular formula is C10H14N2OS. The molecule has 1 aliphatic carbocycles. The highest BCUT2D eigenvalue weighted by molar-refractivity contribution is 7.99. The van der Waals surface area contributed by atoms with Crippen molar-refractivity contribution in [1.82, 2.24) is 9.97 Å². The van der Waals surface area contributed by atoms with Gasteiger partial charge in [-0.15, -0.1) is 11.8 Å². The largest absolute Gasteiger partial charge is 0.392 e. The summed E-state index contributed by atoms with van der Waals surface area (Å²) in [5, 5.41) is 11.0. The van der Waals surface area contributed by atoms with Crippen molar-refractivity contribution in [3.63, 3.8) is 0 Å². The van der Waals surface area contributed by atoms with E-state index >= 15 is 0 Å². The second-order valence-corrected chi connectivity index (χ2v) is 4.82. The quantitative estimate of drug-likeness (QED) is 0.757. The zero-order valence-electron chi connectivity index (χ0n) is 7.97. The molecule has 1 aromatic rings. The van der Waals surface area contributed by atoms with Crippen LogP contribution in [-0.4, -0.2) is 26.4 Å². The predicted molar refractivity (Wildman–Crippen MR) is 56.2 cm³/mol. The Morgan fingerprint density at radius 2 is 2.21 bits per heavy atom. The van der Waals surface area contributed by atoms with Gasteiger partial charge >= 0.3 is 0 Å². The zero-order chi connectivity index (χ0) is 9.80. The first-order chi connectivity index (χ1) is 6.86. The van der Waals surface area contributed by atoms with Gasteiger partial charge in [0.25, 0.3) is 0 Å². The summed E-state index contributed by atoms with van der Waals surface area (Å²) >= 11 is 1.67. The Morgan fingerprint density at radius 3 is 2.93 bits per heavy atom. The molecule has 76 valence electrons. The van der Waals surface area contributed by atoms with Crippen LogP contribution in [0.3, 0.4) is 0 Å². The van der Waals surface area contributed by atoms with E-state index in [4.69, 9.17) is 0 Å². The number of aliphatic hydroxyl groups excluding tert-OH is 1. The molecule has 0 unspecified atom stereocenters. The molecule has 14 heavy (non-hydrogen) atoms. The fourth-order valence-electron chi connectivity index (χ4n) is 1.72. The average Bonchev–Trinajstić information content (AvgIpc) is 2.23. The summed E-state index contributed by atoms with van der Waals surface area (Å²) in [5.41, 5.74) is 0. The lowest BCUT2D eigenvalue weighted by Crippen LogP contribution is -2.26. The summed E-state index contributed by atoms with van der Waals surface area (Å²) in [6.45, 7) is 0. The molecule has 2 rings (SSSR count). The third-order valence-electron chi connectivity index (χ3n) is 2.49. The van der Waals surface area contributed by atoms with Crippen molar-refractivity contribution in [3.8, 4) is 0 Å². The van der Waals surface area contributed by atoms with Crippen LogP contribution in [0.5, 0.6) is 0 Å². The highest BCUT2D eigenvalue weighted by Gasteiger charge is 2.24. The second kappa shape index (κ2) is 4.75. The standard InChI is InChI=1S/C10H14N2OS/c13-8-3-1-2-4-9(8)14-10-5-6-11-7-12-10/h5-9,13H,1-4H2/t8-,9-/m0/s1. The molecule has 0 spiro atoms. The fraction of sp³-hybridized carbons (Fsp3) is 0.600. The minimum atomic E-state index is -0.163. The van der Waals surface area contributed by atoms with Gasteiger partial charge in [0.15, 0.2) is 0 Å². The number of hydrogen-bond donors (Lipinski definition) is 1. The Morgan fingerprint density at radius 1 is 1.36 bits per heavy atom. The van der Waals surface area contributed by atoms with Crippen LogP contribution in [-0.2, 0) is 0 Å². The molecule has 3 nitrogen and oxygen atoms in total. The Labute approximate surface area is 88.0 Å². The first-order valence-corrected chi connectivity index (χ1v) is 5.85. The van der Waals surface area contributed by atoms with E-state index in [1.807, 2.05) is 6.07 Å². The molecule has 1 aromatic heterocycles. The van der Waals surface area contributed by atoms with E-state index < -0.39 is 0 Å². The number of rotatable bonds is 2. The summed E-state index contributed by atoms with van der Waals surface area (Å²) in [6, 6.07) is 1.89. The smallest absolute Gasteiger partial charge is 0.116 e. The lowest BCUT2D eigenvalue weighted by atomic mass is 9.97. The number of hydrogen-bond acceptors (Lipinski definition) is 4. The maximum absolute atomic E-state index is 9.77. The van der Waals surface area contributed by atoms with Gasteiger partial charge in [0.1, 0.15) is 6.33 Å². The molecule has 0 radical (unpaired) electrons. The van der Waals surface area contributed by atoms with Gasteiger partial charge < -0.3 is 5.11 Å². The average molecular weight is 210 g/mol. The fourth-order valence-corrected chi connectivity index (χ4v) is 2.85. The van der Waals surface area contributed by atoms with Gasteiger partial charge in [-0.25, -0.2) is 9.97 Å². The van der Waals surface area contributed by atoms with Crippen molar-refractivity contribution in [2.24, 2.45) is 0 Å². The third kappa shape index (κ3) is 2.45. The maximum Gasteiger partial charge on any atom is 0.116 e. The number of nitrogens with zero attached hydrogens (tertiary/aromatic N) is 2. The molecule has 1 heterocycles. The minimum Gasteiger partial charge on any atom is -0.392 e. The van der Waals surface area contributed by atoms with Crippen LogP contribution in [0.1, 0.15) is 25.7 Å². The van der Waals surface area contributed by atoms with Crippen LogP contribution in [0.25, 0.3) is 0 Å². The van der Waals surface area contributed by atoms with Gasteiger partial charge in [-0.3, -0.25) is 0 Å². The SMILES string of the molecule is O[C@H]1CCCC[C@@H]1Sc1ccncn1. The first-order valence-electron chi connectivity index (χ1n) is 4.97. The normalized spacial score (nSPS) is 27.5. The Hall–Kier alpha value is -0.610.